The van der Waals surface area contributed by atoms with Crippen molar-refractivity contribution < 1.29 is 41.1 Å². The Bertz CT molecular complexity index is 1060. The molecule has 0 unspecified atom stereocenters. The zero-order chi connectivity index (χ0) is 19.1. The summed E-state index contributed by atoms with van der Waals surface area (Å²) < 4.78 is 23.7. The van der Waals surface area contributed by atoms with Gasteiger partial charge in [0.05, 0.1) is 38.9 Å². The van der Waals surface area contributed by atoms with Gasteiger partial charge in [0.15, 0.2) is 28.7 Å². The molecule has 0 fully saturated rings. The lowest BCUT2D eigenvalue weighted by Gasteiger charge is -2.22. The molecule has 1 aliphatic heterocycles. The molecule has 1 N–H and O–H groups in total. The second-order valence-electron chi connectivity index (χ2n) is 6.12. The fourth-order valence-corrected chi connectivity index (χ4v) is 3.61. The Morgan fingerprint density at radius 1 is 0.929 bits per heavy atom. The number of benzene rings is 2. The van der Waals surface area contributed by atoms with E-state index in [4.69, 9.17) is 18.9 Å². The van der Waals surface area contributed by atoms with E-state index in [-0.39, 0.29) is 18.2 Å². The highest BCUT2D eigenvalue weighted by Crippen LogP contribution is 2.47. The summed E-state index contributed by atoms with van der Waals surface area (Å²) in [5, 5.41) is 19.6. The van der Waals surface area contributed by atoms with Crippen molar-refractivity contribution in [3.8, 4) is 40.0 Å². The molecule has 0 atom stereocenters. The third-order valence-corrected chi connectivity index (χ3v) is 4.83. The summed E-state index contributed by atoms with van der Waals surface area (Å²) in [7, 11) is 6.28. The molecule has 0 spiro atoms. The Balaban J connectivity index is 0.00000225. The van der Waals surface area contributed by atoms with Crippen LogP contribution < -0.4 is 36.0 Å². The number of fused-ring (bicyclic) bond motifs is 5. The minimum atomic E-state index is 0. The molecule has 0 aliphatic carbocycles. The lowest BCUT2D eigenvalue weighted by molar-refractivity contribution is -0.748. The maximum Gasteiger partial charge on any atom is 0.218 e. The maximum absolute atomic E-state index is 10.3. The van der Waals surface area contributed by atoms with E-state index in [1.807, 2.05) is 10.7 Å². The zero-order valence-electron chi connectivity index (χ0n) is 15.9. The third kappa shape index (κ3) is 2.80. The first-order valence-electron chi connectivity index (χ1n) is 8.42. The molecule has 3 aromatic rings. The van der Waals surface area contributed by atoms with E-state index < -0.39 is 0 Å². The summed E-state index contributed by atoms with van der Waals surface area (Å²) in [6, 6.07) is 5.22. The van der Waals surface area contributed by atoms with Crippen molar-refractivity contribution in [2.75, 3.05) is 28.4 Å². The SMILES string of the molecule is COc1cc2nn[n+]3c(c2cc1O)-c1cc(OC)c(OC)c(OC)c1CC3.[Cl-]. The highest BCUT2D eigenvalue weighted by Gasteiger charge is 2.32. The van der Waals surface area contributed by atoms with Crippen LogP contribution in [0.5, 0.6) is 28.7 Å². The molecular weight excluding hydrogens is 386 g/mol. The summed E-state index contributed by atoms with van der Waals surface area (Å²) >= 11 is 0. The number of methoxy groups -OCH3 is 4. The Kier molecular flexibility index (Phi) is 5.33. The molecule has 4 rings (SSSR count). The molecule has 2 heterocycles. The molecule has 0 amide bonds. The van der Waals surface area contributed by atoms with Crippen molar-refractivity contribution in [2.45, 2.75) is 13.0 Å². The Hall–Kier alpha value is -3.00. The van der Waals surface area contributed by atoms with Crippen molar-refractivity contribution in [1.82, 2.24) is 10.3 Å². The molecule has 1 aromatic heterocycles. The first kappa shape index (κ1) is 19.8. The molecule has 0 saturated heterocycles. The first-order valence-corrected chi connectivity index (χ1v) is 8.42. The van der Waals surface area contributed by atoms with Gasteiger partial charge in [0.2, 0.25) is 11.3 Å². The normalized spacial score (nSPS) is 11.9. The van der Waals surface area contributed by atoms with Crippen LogP contribution in [0.3, 0.4) is 0 Å². The number of hydrogen-bond donors (Lipinski definition) is 1. The van der Waals surface area contributed by atoms with Crippen molar-refractivity contribution >= 4 is 10.9 Å². The van der Waals surface area contributed by atoms with Crippen molar-refractivity contribution in [3.63, 3.8) is 0 Å². The van der Waals surface area contributed by atoms with E-state index in [0.29, 0.717) is 41.5 Å². The number of aromatic hydroxyl groups is 1. The number of phenolic OH excluding ortho intramolecular Hbond substituents is 1. The molecule has 28 heavy (non-hydrogen) atoms. The van der Waals surface area contributed by atoms with Crippen LogP contribution >= 0.6 is 0 Å². The maximum atomic E-state index is 10.3. The number of rotatable bonds is 4. The van der Waals surface area contributed by atoms with Gasteiger partial charge in [-0.3, -0.25) is 0 Å². The monoisotopic (exact) mass is 405 g/mol. The number of hydrogen-bond acceptors (Lipinski definition) is 7. The van der Waals surface area contributed by atoms with Crippen LogP contribution in [-0.4, -0.2) is 43.9 Å². The van der Waals surface area contributed by atoms with E-state index in [9.17, 15) is 5.11 Å². The van der Waals surface area contributed by atoms with Gasteiger partial charge in [-0.25, -0.2) is 0 Å². The van der Waals surface area contributed by atoms with Crippen LogP contribution in [0.1, 0.15) is 5.56 Å². The zero-order valence-corrected chi connectivity index (χ0v) is 16.7. The number of phenols is 1. The van der Waals surface area contributed by atoms with E-state index in [1.54, 1.807) is 33.5 Å². The number of nitrogens with zero attached hydrogens (tertiary/aromatic N) is 3. The average molecular weight is 406 g/mol. The highest BCUT2D eigenvalue weighted by atomic mass is 35.5. The predicted octanol–water partition coefficient (Wildman–Crippen LogP) is -1.12. The fraction of sp³-hybridized carbons (Fsp3) is 0.316. The Morgan fingerprint density at radius 3 is 2.29 bits per heavy atom. The Morgan fingerprint density at radius 2 is 1.64 bits per heavy atom. The van der Waals surface area contributed by atoms with Crippen LogP contribution in [-0.2, 0) is 13.0 Å². The lowest BCUT2D eigenvalue weighted by atomic mass is 9.93. The van der Waals surface area contributed by atoms with E-state index in [0.717, 1.165) is 22.2 Å². The van der Waals surface area contributed by atoms with E-state index >= 15 is 0 Å². The van der Waals surface area contributed by atoms with Crippen LogP contribution in [0.4, 0.5) is 0 Å². The topological polar surface area (TPSA) is 86.8 Å². The summed E-state index contributed by atoms with van der Waals surface area (Å²) in [5.41, 5.74) is 3.36. The number of ether oxygens (including phenoxy) is 4. The number of halogens is 1. The van der Waals surface area contributed by atoms with Gasteiger partial charge in [-0.2, -0.15) is 0 Å². The molecule has 0 bridgehead atoms. The third-order valence-electron chi connectivity index (χ3n) is 4.83. The minimum Gasteiger partial charge on any atom is -1.00 e. The van der Waals surface area contributed by atoms with Gasteiger partial charge in [-0.05, 0) is 12.1 Å². The lowest BCUT2D eigenvalue weighted by Crippen LogP contribution is -3.00. The number of aromatic nitrogens is 3. The summed E-state index contributed by atoms with van der Waals surface area (Å²) in [5.74, 6) is 2.15. The Labute approximate surface area is 168 Å². The highest BCUT2D eigenvalue weighted by molar-refractivity contribution is 5.94. The second-order valence-corrected chi connectivity index (χ2v) is 6.12. The van der Waals surface area contributed by atoms with Gasteiger partial charge < -0.3 is 36.5 Å². The molecule has 2 aromatic carbocycles. The van der Waals surface area contributed by atoms with Crippen LogP contribution in [0.15, 0.2) is 18.2 Å². The van der Waals surface area contributed by atoms with E-state index in [2.05, 4.69) is 10.3 Å². The van der Waals surface area contributed by atoms with Gasteiger partial charge in [-0.15, -0.1) is 4.68 Å². The molecular formula is C19H20ClN3O5. The molecule has 0 saturated carbocycles. The van der Waals surface area contributed by atoms with Crippen molar-refractivity contribution in [3.05, 3.63) is 23.8 Å². The number of aryl methyl sites for hydroxylation is 1. The average Bonchev–Trinajstić information content (AvgIpc) is 2.70. The van der Waals surface area contributed by atoms with Crippen molar-refractivity contribution in [1.29, 1.82) is 0 Å². The fourth-order valence-electron chi connectivity index (χ4n) is 3.61. The summed E-state index contributed by atoms with van der Waals surface area (Å²) in [6.45, 7) is 0.629. The van der Waals surface area contributed by atoms with E-state index in [1.165, 1.54) is 7.11 Å². The largest absolute Gasteiger partial charge is 1.00 e. The molecule has 9 heteroatoms. The molecule has 0 radical (unpaired) electrons. The van der Waals surface area contributed by atoms with Gasteiger partial charge >= 0.3 is 0 Å². The molecule has 148 valence electrons. The van der Waals surface area contributed by atoms with Crippen LogP contribution in [0, 0.1) is 0 Å². The van der Waals surface area contributed by atoms with Gasteiger partial charge in [-0.1, -0.05) is 0 Å². The molecule has 8 nitrogen and oxygen atoms in total. The summed E-state index contributed by atoms with van der Waals surface area (Å²) in [6.07, 6.45) is 0.707. The predicted molar refractivity (Wildman–Crippen MR) is 96.7 cm³/mol. The molecule has 1 aliphatic rings. The second kappa shape index (κ2) is 7.55. The van der Waals surface area contributed by atoms with Gasteiger partial charge in [0.25, 0.3) is 0 Å². The van der Waals surface area contributed by atoms with Crippen LogP contribution in [0.25, 0.3) is 22.2 Å². The minimum absolute atomic E-state index is 0. The first-order chi connectivity index (χ1) is 13.1. The smallest absolute Gasteiger partial charge is 0.218 e. The quantitative estimate of drug-likeness (QED) is 0.550. The standard InChI is InChI=1S/C19H19N3O5.ClH/c1-24-15-9-13-12(7-14(15)23)17-11-8-16(25-2)19(27-4)18(26-3)10(11)5-6-22(17)21-20-13;/h7-9H,5-6H2,1-4H3;1H. The van der Waals surface area contributed by atoms with Gasteiger partial charge in [0, 0.05) is 23.6 Å². The summed E-state index contributed by atoms with van der Waals surface area (Å²) in [4.78, 5) is 0. The van der Waals surface area contributed by atoms with Gasteiger partial charge in [0.1, 0.15) is 11.8 Å². The van der Waals surface area contributed by atoms with Crippen LogP contribution in [0.2, 0.25) is 0 Å². The van der Waals surface area contributed by atoms with Crippen molar-refractivity contribution in [2.24, 2.45) is 0 Å².